The third-order valence-electron chi connectivity index (χ3n) is 2.17. The van der Waals surface area contributed by atoms with Gasteiger partial charge in [0, 0.05) is 18.6 Å². The molecule has 0 saturated carbocycles. The molecule has 2 heterocycles. The molecule has 0 aromatic carbocycles. The Kier molecular flexibility index (Phi) is 3.13. The van der Waals surface area contributed by atoms with Crippen molar-refractivity contribution in [3.05, 3.63) is 36.0 Å². The molecule has 17 heavy (non-hydrogen) atoms. The Morgan fingerprint density at radius 1 is 1.41 bits per heavy atom. The molecule has 0 saturated heterocycles. The van der Waals surface area contributed by atoms with Gasteiger partial charge in [0.2, 0.25) is 0 Å². The van der Waals surface area contributed by atoms with E-state index >= 15 is 0 Å². The monoisotopic (exact) mass is 232 g/mol. The van der Waals surface area contributed by atoms with E-state index in [1.807, 2.05) is 6.92 Å². The molecule has 0 N–H and O–H groups in total. The normalized spacial score (nSPS) is 10.2. The molecule has 88 valence electrons. The zero-order chi connectivity index (χ0) is 12.3. The Morgan fingerprint density at radius 2 is 2.18 bits per heavy atom. The van der Waals surface area contributed by atoms with E-state index in [1.165, 1.54) is 10.9 Å². The van der Waals surface area contributed by atoms with Gasteiger partial charge >= 0.3 is 5.97 Å². The minimum absolute atomic E-state index is 0.341. The number of hydrogen-bond acceptors (Lipinski definition) is 5. The minimum Gasteiger partial charge on any atom is -0.462 e. The lowest BCUT2D eigenvalue weighted by molar-refractivity contribution is 0.0526. The van der Waals surface area contributed by atoms with Crippen LogP contribution in [0.25, 0.3) is 5.82 Å². The Labute approximate surface area is 98.3 Å². The van der Waals surface area contributed by atoms with Crippen LogP contribution >= 0.6 is 0 Å². The number of hydrogen-bond donors (Lipinski definition) is 0. The van der Waals surface area contributed by atoms with E-state index in [4.69, 9.17) is 4.74 Å². The molecule has 0 bridgehead atoms. The third-order valence-corrected chi connectivity index (χ3v) is 2.17. The molecule has 6 heteroatoms. The number of esters is 1. The van der Waals surface area contributed by atoms with Gasteiger partial charge in [0.1, 0.15) is 0 Å². The van der Waals surface area contributed by atoms with Gasteiger partial charge < -0.3 is 4.74 Å². The molecule has 0 aliphatic carbocycles. The zero-order valence-electron chi connectivity index (χ0n) is 9.62. The summed E-state index contributed by atoms with van der Waals surface area (Å²) in [5, 5.41) is 4.06. The van der Waals surface area contributed by atoms with Crippen molar-refractivity contribution in [2.24, 2.45) is 0 Å². The smallest absolute Gasteiger partial charge is 0.341 e. The lowest BCUT2D eigenvalue weighted by Crippen LogP contribution is -2.04. The van der Waals surface area contributed by atoms with Gasteiger partial charge in [0.05, 0.1) is 24.1 Å². The maximum Gasteiger partial charge on any atom is 0.341 e. The molecule has 0 atom stereocenters. The molecule has 2 aromatic heterocycles. The van der Waals surface area contributed by atoms with Gasteiger partial charge in [0.25, 0.3) is 0 Å². The largest absolute Gasteiger partial charge is 0.462 e. The van der Waals surface area contributed by atoms with Crippen molar-refractivity contribution >= 4 is 5.97 Å². The van der Waals surface area contributed by atoms with Crippen molar-refractivity contribution in [2.75, 3.05) is 6.61 Å². The number of aromatic nitrogens is 4. The van der Waals surface area contributed by atoms with Crippen LogP contribution in [0.3, 0.4) is 0 Å². The summed E-state index contributed by atoms with van der Waals surface area (Å²) in [6.07, 6.45) is 6.21. The molecule has 0 fully saturated rings. The van der Waals surface area contributed by atoms with Crippen molar-refractivity contribution in [3.8, 4) is 5.82 Å². The van der Waals surface area contributed by atoms with E-state index in [0.717, 1.165) is 5.69 Å². The van der Waals surface area contributed by atoms with Crippen molar-refractivity contribution in [1.82, 2.24) is 19.7 Å². The van der Waals surface area contributed by atoms with Gasteiger partial charge in [-0.15, -0.1) is 0 Å². The van der Waals surface area contributed by atoms with Gasteiger partial charge in [0.15, 0.2) is 5.82 Å². The van der Waals surface area contributed by atoms with Crippen LogP contribution in [0.5, 0.6) is 0 Å². The molecule has 2 rings (SSSR count). The second-order valence-corrected chi connectivity index (χ2v) is 3.36. The molecular formula is C11H12N4O2. The molecule has 2 aromatic rings. The van der Waals surface area contributed by atoms with E-state index in [1.54, 1.807) is 25.5 Å². The SMILES string of the molecule is CCOC(=O)c1cnn(-c2nccnc2C)c1. The molecule has 0 unspecified atom stereocenters. The number of carbonyl (C=O) groups is 1. The average molecular weight is 232 g/mol. The lowest BCUT2D eigenvalue weighted by Gasteiger charge is -2.01. The Morgan fingerprint density at radius 3 is 2.88 bits per heavy atom. The Hall–Kier alpha value is -2.24. The average Bonchev–Trinajstić information content (AvgIpc) is 2.79. The fraction of sp³-hybridized carbons (Fsp3) is 0.273. The van der Waals surface area contributed by atoms with Gasteiger partial charge in [-0.05, 0) is 13.8 Å². The van der Waals surface area contributed by atoms with Crippen LogP contribution in [0.1, 0.15) is 23.0 Å². The van der Waals surface area contributed by atoms with Crippen LogP contribution in [0.2, 0.25) is 0 Å². The first kappa shape index (κ1) is 11.3. The minimum atomic E-state index is -0.389. The van der Waals surface area contributed by atoms with Gasteiger partial charge in [-0.25, -0.2) is 14.5 Å². The standard InChI is InChI=1S/C11H12N4O2/c1-3-17-11(16)9-6-14-15(7-9)10-8(2)12-4-5-13-10/h4-7H,3H2,1-2H3. The highest BCUT2D eigenvalue weighted by Crippen LogP contribution is 2.08. The van der Waals surface area contributed by atoms with Crippen molar-refractivity contribution < 1.29 is 9.53 Å². The first-order valence-corrected chi connectivity index (χ1v) is 5.22. The second-order valence-electron chi connectivity index (χ2n) is 3.36. The number of aryl methyl sites for hydroxylation is 1. The van der Waals surface area contributed by atoms with Crippen LogP contribution in [0.15, 0.2) is 24.8 Å². The number of nitrogens with zero attached hydrogens (tertiary/aromatic N) is 4. The van der Waals surface area contributed by atoms with E-state index in [9.17, 15) is 4.79 Å². The molecular weight excluding hydrogens is 220 g/mol. The summed E-state index contributed by atoms with van der Waals surface area (Å²) < 4.78 is 6.39. The summed E-state index contributed by atoms with van der Waals surface area (Å²) in [5.74, 6) is 0.211. The fourth-order valence-corrected chi connectivity index (χ4v) is 1.38. The highest BCUT2D eigenvalue weighted by Gasteiger charge is 2.11. The topological polar surface area (TPSA) is 69.9 Å². The maximum atomic E-state index is 11.5. The molecule has 0 aliphatic heterocycles. The van der Waals surface area contributed by atoms with Crippen molar-refractivity contribution in [2.45, 2.75) is 13.8 Å². The molecule has 6 nitrogen and oxygen atoms in total. The van der Waals surface area contributed by atoms with Gasteiger partial charge in [-0.2, -0.15) is 5.10 Å². The summed E-state index contributed by atoms with van der Waals surface area (Å²) >= 11 is 0. The third kappa shape index (κ3) is 2.30. The highest BCUT2D eigenvalue weighted by atomic mass is 16.5. The van der Waals surface area contributed by atoms with E-state index in [2.05, 4.69) is 15.1 Å². The van der Waals surface area contributed by atoms with Crippen LogP contribution in [-0.4, -0.2) is 32.3 Å². The predicted octanol–water partition coefficient (Wildman–Crippen LogP) is 1.15. The summed E-state index contributed by atoms with van der Waals surface area (Å²) in [5.41, 5.74) is 1.14. The summed E-state index contributed by atoms with van der Waals surface area (Å²) in [6.45, 7) is 3.93. The van der Waals surface area contributed by atoms with Crippen molar-refractivity contribution in [3.63, 3.8) is 0 Å². The highest BCUT2D eigenvalue weighted by molar-refractivity contribution is 5.88. The molecule has 0 spiro atoms. The van der Waals surface area contributed by atoms with Gasteiger partial charge in [-0.1, -0.05) is 0 Å². The van der Waals surface area contributed by atoms with E-state index in [-0.39, 0.29) is 5.97 Å². The first-order valence-electron chi connectivity index (χ1n) is 5.22. The number of carbonyl (C=O) groups excluding carboxylic acids is 1. The number of ether oxygens (including phenoxy) is 1. The van der Waals surface area contributed by atoms with Crippen molar-refractivity contribution in [1.29, 1.82) is 0 Å². The maximum absolute atomic E-state index is 11.5. The van der Waals surface area contributed by atoms with Crippen LogP contribution < -0.4 is 0 Å². The first-order chi connectivity index (χ1) is 8.22. The second kappa shape index (κ2) is 4.73. The lowest BCUT2D eigenvalue weighted by atomic mass is 10.4. The summed E-state index contributed by atoms with van der Waals surface area (Å²) in [7, 11) is 0. The summed E-state index contributed by atoms with van der Waals surface area (Å²) in [4.78, 5) is 19.7. The van der Waals surface area contributed by atoms with Crippen LogP contribution in [-0.2, 0) is 4.74 Å². The van der Waals surface area contributed by atoms with Crippen LogP contribution in [0, 0.1) is 6.92 Å². The van der Waals surface area contributed by atoms with Gasteiger partial charge in [-0.3, -0.25) is 4.98 Å². The number of rotatable bonds is 3. The zero-order valence-corrected chi connectivity index (χ0v) is 9.62. The molecule has 0 aliphatic rings. The van der Waals surface area contributed by atoms with E-state index < -0.39 is 0 Å². The molecule has 0 amide bonds. The van der Waals surface area contributed by atoms with Crippen LogP contribution in [0.4, 0.5) is 0 Å². The summed E-state index contributed by atoms with van der Waals surface area (Å²) in [6, 6.07) is 0. The quantitative estimate of drug-likeness (QED) is 0.742. The Bertz CT molecular complexity index is 536. The molecule has 0 radical (unpaired) electrons. The predicted molar refractivity (Wildman–Crippen MR) is 59.8 cm³/mol. The van der Waals surface area contributed by atoms with E-state index in [0.29, 0.717) is 18.0 Å². The fourth-order valence-electron chi connectivity index (χ4n) is 1.38. The Balaban J connectivity index is 2.30.